The Kier molecular flexibility index (Phi) is 14.6. The third-order valence-corrected chi connectivity index (χ3v) is 8.01. The maximum absolute atomic E-state index is 12.4. The van der Waals surface area contributed by atoms with E-state index in [4.69, 9.17) is 18.9 Å². The first kappa shape index (κ1) is 38.5. The Morgan fingerprint density at radius 3 is 1.88 bits per heavy atom. The van der Waals surface area contributed by atoms with Crippen LogP contribution in [0.2, 0.25) is 0 Å². The van der Waals surface area contributed by atoms with Crippen molar-refractivity contribution < 1.29 is 38.4 Å². The molecule has 3 rings (SSSR count). The van der Waals surface area contributed by atoms with Gasteiger partial charge in [-0.15, -0.1) is 0 Å². The first-order chi connectivity index (χ1) is 23.4. The van der Waals surface area contributed by atoms with E-state index >= 15 is 0 Å². The van der Waals surface area contributed by atoms with Gasteiger partial charge in [0.05, 0.1) is 6.61 Å². The number of rotatable bonds is 18. The van der Waals surface area contributed by atoms with Gasteiger partial charge in [0.1, 0.15) is 25.6 Å². The lowest BCUT2D eigenvalue weighted by atomic mass is 9.89. The third-order valence-electron chi connectivity index (χ3n) is 8.01. The van der Waals surface area contributed by atoms with Crippen molar-refractivity contribution in [2.24, 2.45) is 0 Å². The second kappa shape index (κ2) is 18.6. The summed E-state index contributed by atoms with van der Waals surface area (Å²) in [6.07, 6.45) is 2.61. The van der Waals surface area contributed by atoms with Gasteiger partial charge in [-0.3, -0.25) is 0 Å². The number of carbonyl (C=O) groups is 3. The van der Waals surface area contributed by atoms with E-state index in [1.165, 1.54) is 5.56 Å². The summed E-state index contributed by atoms with van der Waals surface area (Å²) in [5, 5.41) is 9.20. The third kappa shape index (κ3) is 10.8. The number of ether oxygens (including phenoxy) is 4. The van der Waals surface area contributed by atoms with Gasteiger partial charge in [0.15, 0.2) is 0 Å². The Morgan fingerprint density at radius 2 is 1.29 bits per heavy atom. The van der Waals surface area contributed by atoms with E-state index in [2.05, 4.69) is 63.1 Å². The molecule has 0 radical (unpaired) electrons. The predicted molar refractivity (Wildman–Crippen MR) is 192 cm³/mol. The smallest absolute Gasteiger partial charge is 0.333 e. The van der Waals surface area contributed by atoms with E-state index in [1.807, 2.05) is 19.1 Å². The molecule has 0 saturated heterocycles. The zero-order chi connectivity index (χ0) is 36.1. The summed E-state index contributed by atoms with van der Waals surface area (Å²) in [7, 11) is 0. The van der Waals surface area contributed by atoms with Crippen molar-refractivity contribution in [1.29, 1.82) is 0 Å². The summed E-state index contributed by atoms with van der Waals surface area (Å²) in [6, 6.07) is 16.6. The fraction of sp³-hybridized carbons (Fsp3) is 0.341. The molecule has 0 aromatic heterocycles. The molecule has 0 fully saturated rings. The summed E-state index contributed by atoms with van der Waals surface area (Å²) >= 11 is 0. The van der Waals surface area contributed by atoms with Gasteiger partial charge in [-0.25, -0.2) is 14.4 Å². The molecule has 0 atom stereocenters. The molecule has 0 aliphatic carbocycles. The van der Waals surface area contributed by atoms with E-state index in [-0.39, 0.29) is 38.6 Å². The van der Waals surface area contributed by atoms with Crippen molar-refractivity contribution in [3.8, 4) is 28.0 Å². The van der Waals surface area contributed by atoms with Crippen LogP contribution in [-0.2, 0) is 54.5 Å². The molecule has 0 amide bonds. The minimum absolute atomic E-state index is 0.000308. The van der Waals surface area contributed by atoms with Crippen LogP contribution in [0.1, 0.15) is 61.9 Å². The molecule has 0 unspecified atom stereocenters. The number of aliphatic hydroxyl groups is 1. The number of hydrogen-bond acceptors (Lipinski definition) is 8. The molecule has 0 saturated carbocycles. The SMILES string of the molecule is C=C(C)C(=O)OCCOc1c(-c2ccc(-c3ccc(CCCO)cc3)c(CC)c2)cc(COC(=O)C(=C)C)c(C)c1CCOC(=O)C(=C)C. The average Bonchev–Trinajstić information content (AvgIpc) is 3.09. The molecule has 0 heterocycles. The Bertz CT molecular complexity index is 1700. The Labute approximate surface area is 290 Å². The van der Waals surface area contributed by atoms with E-state index in [0.717, 1.165) is 63.8 Å². The molecular formula is C41H48O8. The number of carbonyl (C=O) groups excluding carboxylic acids is 3. The van der Waals surface area contributed by atoms with Crippen molar-refractivity contribution in [3.63, 3.8) is 0 Å². The molecule has 0 spiro atoms. The zero-order valence-corrected chi connectivity index (χ0v) is 29.4. The van der Waals surface area contributed by atoms with Crippen LogP contribution < -0.4 is 4.74 Å². The summed E-state index contributed by atoms with van der Waals surface area (Å²) in [6.45, 7) is 20.0. The van der Waals surface area contributed by atoms with Crippen molar-refractivity contribution in [2.75, 3.05) is 26.4 Å². The van der Waals surface area contributed by atoms with Crippen molar-refractivity contribution in [3.05, 3.63) is 113 Å². The molecule has 8 nitrogen and oxygen atoms in total. The van der Waals surface area contributed by atoms with Crippen molar-refractivity contribution >= 4 is 17.9 Å². The fourth-order valence-corrected chi connectivity index (χ4v) is 5.21. The van der Waals surface area contributed by atoms with Crippen LogP contribution in [0, 0.1) is 6.92 Å². The fourth-order valence-electron chi connectivity index (χ4n) is 5.21. The highest BCUT2D eigenvalue weighted by Gasteiger charge is 2.21. The number of benzene rings is 3. The lowest BCUT2D eigenvalue weighted by Gasteiger charge is -2.22. The van der Waals surface area contributed by atoms with Gasteiger partial charge in [-0.2, -0.15) is 0 Å². The van der Waals surface area contributed by atoms with Gasteiger partial charge in [-0.05, 0) is 92.0 Å². The molecule has 3 aromatic carbocycles. The van der Waals surface area contributed by atoms with Gasteiger partial charge in [0, 0.05) is 40.9 Å². The number of aryl methyl sites for hydroxylation is 2. The van der Waals surface area contributed by atoms with E-state index in [1.54, 1.807) is 20.8 Å². The maximum Gasteiger partial charge on any atom is 0.333 e. The highest BCUT2D eigenvalue weighted by Crippen LogP contribution is 2.40. The number of esters is 3. The molecule has 0 aliphatic rings. The maximum atomic E-state index is 12.4. The highest BCUT2D eigenvalue weighted by atomic mass is 16.6. The molecule has 3 aromatic rings. The second-order valence-corrected chi connectivity index (χ2v) is 12.1. The molecule has 0 bridgehead atoms. The Hall–Kier alpha value is -4.95. The Morgan fingerprint density at radius 1 is 0.694 bits per heavy atom. The zero-order valence-electron chi connectivity index (χ0n) is 29.4. The van der Waals surface area contributed by atoms with Crippen molar-refractivity contribution in [2.45, 2.75) is 66.9 Å². The molecule has 49 heavy (non-hydrogen) atoms. The standard InChI is InChI=1S/C41H48O8/c1-9-31-23-33(16-17-36(31)32-14-12-30(13-15-32)11-10-19-42)37-24-34(25-49-41(45)28(6)7)29(8)35(18-20-47-39(43)26(2)3)38(37)46-21-22-48-40(44)27(4)5/h12-17,23-24,42H,2,4,6,9-11,18-22,25H2,1,3,5,7-8H3. The second-order valence-electron chi connectivity index (χ2n) is 12.1. The molecule has 1 N–H and O–H groups in total. The minimum Gasteiger partial charge on any atom is -0.489 e. The van der Waals surface area contributed by atoms with E-state index in [9.17, 15) is 19.5 Å². The van der Waals surface area contributed by atoms with Crippen LogP contribution in [0.3, 0.4) is 0 Å². The van der Waals surface area contributed by atoms with Gasteiger partial charge in [0.2, 0.25) is 0 Å². The first-order valence-corrected chi connectivity index (χ1v) is 16.5. The average molecular weight is 669 g/mol. The van der Waals surface area contributed by atoms with Crippen LogP contribution in [-0.4, -0.2) is 49.4 Å². The number of hydrogen-bond donors (Lipinski definition) is 1. The van der Waals surface area contributed by atoms with Gasteiger partial charge in [-0.1, -0.05) is 69.1 Å². The summed E-state index contributed by atoms with van der Waals surface area (Å²) < 4.78 is 22.7. The first-order valence-electron chi connectivity index (χ1n) is 16.5. The van der Waals surface area contributed by atoms with Gasteiger partial charge in [0.25, 0.3) is 0 Å². The van der Waals surface area contributed by atoms with Crippen LogP contribution in [0.4, 0.5) is 0 Å². The summed E-state index contributed by atoms with van der Waals surface area (Å²) in [5.41, 5.74) is 9.31. The lowest BCUT2D eigenvalue weighted by molar-refractivity contribution is -0.140. The number of aliphatic hydroxyl groups excluding tert-OH is 1. The van der Waals surface area contributed by atoms with Gasteiger partial charge >= 0.3 is 17.9 Å². The lowest BCUT2D eigenvalue weighted by Crippen LogP contribution is -2.15. The van der Waals surface area contributed by atoms with Crippen LogP contribution >= 0.6 is 0 Å². The monoisotopic (exact) mass is 668 g/mol. The quantitative estimate of drug-likeness (QED) is 0.0639. The summed E-state index contributed by atoms with van der Waals surface area (Å²) in [4.78, 5) is 36.6. The largest absolute Gasteiger partial charge is 0.489 e. The Balaban J connectivity index is 2.14. The van der Waals surface area contributed by atoms with Crippen molar-refractivity contribution in [1.82, 2.24) is 0 Å². The normalized spacial score (nSPS) is 10.7. The molecule has 0 aliphatic heterocycles. The van der Waals surface area contributed by atoms with E-state index in [0.29, 0.717) is 23.3 Å². The summed E-state index contributed by atoms with van der Waals surface area (Å²) in [5.74, 6) is -0.958. The molecule has 8 heteroatoms. The van der Waals surface area contributed by atoms with E-state index < -0.39 is 17.9 Å². The minimum atomic E-state index is -0.508. The molecular weight excluding hydrogens is 620 g/mol. The van der Waals surface area contributed by atoms with Crippen LogP contribution in [0.25, 0.3) is 22.3 Å². The predicted octanol–water partition coefficient (Wildman–Crippen LogP) is 7.60. The van der Waals surface area contributed by atoms with Gasteiger partial charge < -0.3 is 24.1 Å². The van der Waals surface area contributed by atoms with Crippen LogP contribution in [0.5, 0.6) is 5.75 Å². The highest BCUT2D eigenvalue weighted by molar-refractivity contribution is 5.88. The van der Waals surface area contributed by atoms with Crippen LogP contribution in [0.15, 0.2) is 85.0 Å². The molecule has 260 valence electrons. The topological polar surface area (TPSA) is 108 Å².